The molecule has 2 rings (SSSR count). The topological polar surface area (TPSA) is 0 Å². The van der Waals surface area contributed by atoms with Crippen LogP contribution >= 0.6 is 0 Å². The molecule has 1 aromatic rings. The Morgan fingerprint density at radius 1 is 1.24 bits per heavy atom. The van der Waals surface area contributed by atoms with Crippen LogP contribution in [0.25, 0.3) is 5.57 Å². The van der Waals surface area contributed by atoms with E-state index in [4.69, 9.17) is 0 Å². The molecule has 1 aliphatic rings. The Balaban J connectivity index is 2.21. The van der Waals surface area contributed by atoms with Gasteiger partial charge in [0.2, 0.25) is 0 Å². The number of benzene rings is 1. The second-order valence-corrected chi connectivity index (χ2v) is 4.36. The fourth-order valence-corrected chi connectivity index (χ4v) is 2.14. The predicted molar refractivity (Wildman–Crippen MR) is 75.6 cm³/mol. The lowest BCUT2D eigenvalue weighted by molar-refractivity contribution is 0.747. The molecule has 0 bridgehead atoms. The molecule has 0 aliphatic heterocycles. The van der Waals surface area contributed by atoms with Gasteiger partial charge in [0.1, 0.15) is 0 Å². The molecule has 0 nitrogen and oxygen atoms in total. The van der Waals surface area contributed by atoms with Crippen LogP contribution < -0.4 is 0 Å². The maximum atomic E-state index is 4.17. The van der Waals surface area contributed by atoms with Crippen LogP contribution in [0.3, 0.4) is 0 Å². The first kappa shape index (κ1) is 11.7. The molecule has 0 saturated heterocycles. The molecule has 1 aliphatic carbocycles. The SMILES string of the molecule is C=C/C(=C\C(=C)C1C=CCC1)c1ccccc1. The van der Waals surface area contributed by atoms with Crippen molar-refractivity contribution in [3.8, 4) is 0 Å². The minimum atomic E-state index is 0.508. The molecule has 0 saturated carbocycles. The average Bonchev–Trinajstić information content (AvgIpc) is 2.90. The summed E-state index contributed by atoms with van der Waals surface area (Å²) < 4.78 is 0. The Bertz CT molecular complexity index is 460. The molecule has 0 amide bonds. The van der Waals surface area contributed by atoms with Crippen LogP contribution in [0.5, 0.6) is 0 Å². The van der Waals surface area contributed by atoms with E-state index in [1.54, 1.807) is 0 Å². The summed E-state index contributed by atoms with van der Waals surface area (Å²) >= 11 is 0. The third-order valence-electron chi connectivity index (χ3n) is 3.16. The minimum Gasteiger partial charge on any atom is -0.0984 e. The molecule has 0 aromatic heterocycles. The van der Waals surface area contributed by atoms with Gasteiger partial charge in [-0.25, -0.2) is 0 Å². The van der Waals surface area contributed by atoms with Gasteiger partial charge in [0.25, 0.3) is 0 Å². The van der Waals surface area contributed by atoms with Crippen LogP contribution in [0.1, 0.15) is 18.4 Å². The van der Waals surface area contributed by atoms with Crippen molar-refractivity contribution in [2.75, 3.05) is 0 Å². The van der Waals surface area contributed by atoms with Gasteiger partial charge >= 0.3 is 0 Å². The average molecular weight is 222 g/mol. The second-order valence-electron chi connectivity index (χ2n) is 4.36. The zero-order valence-electron chi connectivity index (χ0n) is 10.1. The molecule has 17 heavy (non-hydrogen) atoms. The Morgan fingerprint density at radius 2 is 2.00 bits per heavy atom. The van der Waals surface area contributed by atoms with Gasteiger partial charge in [0.05, 0.1) is 0 Å². The van der Waals surface area contributed by atoms with Crippen LogP contribution in [0.4, 0.5) is 0 Å². The Morgan fingerprint density at radius 3 is 2.59 bits per heavy atom. The first-order chi connectivity index (χ1) is 8.31. The highest BCUT2D eigenvalue weighted by Crippen LogP contribution is 2.27. The van der Waals surface area contributed by atoms with E-state index in [1.807, 2.05) is 24.3 Å². The summed E-state index contributed by atoms with van der Waals surface area (Å²) in [7, 11) is 0. The number of rotatable bonds is 4. The van der Waals surface area contributed by atoms with Crippen molar-refractivity contribution in [2.24, 2.45) is 5.92 Å². The van der Waals surface area contributed by atoms with Crippen LogP contribution in [0, 0.1) is 5.92 Å². The summed E-state index contributed by atoms with van der Waals surface area (Å²) in [6.07, 6.45) is 10.9. The highest BCUT2D eigenvalue weighted by atomic mass is 14.2. The fourth-order valence-electron chi connectivity index (χ4n) is 2.14. The zero-order valence-corrected chi connectivity index (χ0v) is 10.1. The van der Waals surface area contributed by atoms with Crippen molar-refractivity contribution in [1.82, 2.24) is 0 Å². The molecule has 0 spiro atoms. The number of allylic oxidation sites excluding steroid dienone is 6. The van der Waals surface area contributed by atoms with Gasteiger partial charge in [0.15, 0.2) is 0 Å². The highest BCUT2D eigenvalue weighted by molar-refractivity contribution is 5.75. The summed E-state index contributed by atoms with van der Waals surface area (Å²) in [6, 6.07) is 10.3. The lowest BCUT2D eigenvalue weighted by Crippen LogP contribution is -1.94. The first-order valence-electron chi connectivity index (χ1n) is 6.06. The zero-order chi connectivity index (χ0) is 12.1. The molecule has 86 valence electrons. The molecular weight excluding hydrogens is 204 g/mol. The summed E-state index contributed by atoms with van der Waals surface area (Å²) in [5.41, 5.74) is 3.53. The van der Waals surface area contributed by atoms with Crippen LogP contribution in [0.2, 0.25) is 0 Å². The highest BCUT2D eigenvalue weighted by Gasteiger charge is 2.11. The van der Waals surface area contributed by atoms with E-state index in [9.17, 15) is 0 Å². The fraction of sp³-hybridized carbons (Fsp3) is 0.176. The summed E-state index contributed by atoms with van der Waals surface area (Å²) in [5.74, 6) is 0.508. The molecule has 0 heterocycles. The first-order valence-corrected chi connectivity index (χ1v) is 6.06. The third kappa shape index (κ3) is 2.85. The van der Waals surface area contributed by atoms with Gasteiger partial charge in [-0.05, 0) is 29.6 Å². The van der Waals surface area contributed by atoms with Gasteiger partial charge in [-0.2, -0.15) is 0 Å². The molecule has 0 fully saturated rings. The molecular formula is C17H18. The monoisotopic (exact) mass is 222 g/mol. The maximum Gasteiger partial charge on any atom is 0.00152 e. The van der Waals surface area contributed by atoms with E-state index in [2.05, 4.69) is 43.5 Å². The van der Waals surface area contributed by atoms with E-state index in [-0.39, 0.29) is 0 Å². The van der Waals surface area contributed by atoms with Gasteiger partial charge in [-0.3, -0.25) is 0 Å². The van der Waals surface area contributed by atoms with E-state index in [0.717, 1.165) is 5.57 Å². The van der Waals surface area contributed by atoms with Crippen LogP contribution in [-0.2, 0) is 0 Å². The molecule has 0 radical (unpaired) electrons. The molecule has 0 heteroatoms. The molecule has 0 N–H and O–H groups in total. The van der Waals surface area contributed by atoms with Crippen LogP contribution in [0.15, 0.2) is 73.4 Å². The summed E-state index contributed by atoms with van der Waals surface area (Å²) in [5, 5.41) is 0. The molecule has 1 aromatic carbocycles. The Labute approximate surface area is 104 Å². The third-order valence-corrected chi connectivity index (χ3v) is 3.16. The quantitative estimate of drug-likeness (QED) is 0.508. The normalized spacial score (nSPS) is 19.3. The minimum absolute atomic E-state index is 0.508. The van der Waals surface area contributed by atoms with Crippen molar-refractivity contribution in [2.45, 2.75) is 12.8 Å². The maximum absolute atomic E-state index is 4.17. The van der Waals surface area contributed by atoms with E-state index < -0.39 is 0 Å². The van der Waals surface area contributed by atoms with Crippen molar-refractivity contribution in [3.63, 3.8) is 0 Å². The smallest absolute Gasteiger partial charge is 0.00152 e. The summed E-state index contributed by atoms with van der Waals surface area (Å²) in [6.45, 7) is 8.06. The number of hydrogen-bond donors (Lipinski definition) is 0. The Hall–Kier alpha value is -1.82. The standard InChI is InChI=1S/C17H18/c1-3-15(17-11-5-4-6-12-17)13-14(2)16-9-7-8-10-16/h3-7,9,11-13,16H,1-2,8,10H2/b15-13+. The van der Waals surface area contributed by atoms with Gasteiger partial charge in [-0.1, -0.05) is 67.8 Å². The van der Waals surface area contributed by atoms with Crippen molar-refractivity contribution < 1.29 is 0 Å². The van der Waals surface area contributed by atoms with E-state index in [0.29, 0.717) is 5.92 Å². The van der Waals surface area contributed by atoms with E-state index >= 15 is 0 Å². The largest absolute Gasteiger partial charge is 0.0984 e. The second kappa shape index (κ2) is 5.49. The Kier molecular flexibility index (Phi) is 3.77. The molecule has 1 unspecified atom stereocenters. The predicted octanol–water partition coefficient (Wildman–Crippen LogP) is 4.78. The van der Waals surface area contributed by atoms with Crippen molar-refractivity contribution >= 4 is 5.57 Å². The van der Waals surface area contributed by atoms with E-state index in [1.165, 1.54) is 24.0 Å². The summed E-state index contributed by atoms with van der Waals surface area (Å²) in [4.78, 5) is 0. The van der Waals surface area contributed by atoms with Gasteiger partial charge in [-0.15, -0.1) is 0 Å². The van der Waals surface area contributed by atoms with Gasteiger partial charge in [0, 0.05) is 5.92 Å². The van der Waals surface area contributed by atoms with Crippen LogP contribution in [-0.4, -0.2) is 0 Å². The van der Waals surface area contributed by atoms with Crippen molar-refractivity contribution in [1.29, 1.82) is 0 Å². The lowest BCUT2D eigenvalue weighted by atomic mass is 9.95. The number of hydrogen-bond acceptors (Lipinski definition) is 0. The molecule has 1 atom stereocenters. The van der Waals surface area contributed by atoms with Gasteiger partial charge < -0.3 is 0 Å². The lowest BCUT2D eigenvalue weighted by Gasteiger charge is -2.09. The van der Waals surface area contributed by atoms with Crippen molar-refractivity contribution in [3.05, 3.63) is 78.9 Å².